The number of urea groups is 1. The first-order valence-corrected chi connectivity index (χ1v) is 7.54. The average molecular weight is 308 g/mol. The van der Waals surface area contributed by atoms with E-state index in [9.17, 15) is 9.59 Å². The van der Waals surface area contributed by atoms with Crippen LogP contribution < -0.4 is 10.6 Å². The van der Waals surface area contributed by atoms with Crippen LogP contribution in [0.4, 0.5) is 10.5 Å². The highest BCUT2D eigenvalue weighted by molar-refractivity contribution is 6.33. The fraction of sp³-hybridized carbons (Fsp3) is 0.467. The molecule has 0 aromatic heterocycles. The Labute approximate surface area is 128 Å². The van der Waals surface area contributed by atoms with Crippen molar-refractivity contribution in [3.8, 4) is 0 Å². The Balaban J connectivity index is 1.58. The SMILES string of the molecule is Cc1cccc(Cl)c1NC(=O)N[C@H]1CC(=O)N(C2CC2)C1. The zero-order valence-corrected chi connectivity index (χ0v) is 12.6. The Hall–Kier alpha value is -1.75. The lowest BCUT2D eigenvalue weighted by Gasteiger charge is -2.17. The number of likely N-dealkylation sites (tertiary alicyclic amines) is 1. The van der Waals surface area contributed by atoms with Crippen molar-refractivity contribution in [2.45, 2.75) is 38.3 Å². The molecular formula is C15H18ClN3O2. The molecule has 0 spiro atoms. The fourth-order valence-electron chi connectivity index (χ4n) is 2.69. The van der Waals surface area contributed by atoms with E-state index in [4.69, 9.17) is 11.6 Å². The summed E-state index contributed by atoms with van der Waals surface area (Å²) in [5.41, 5.74) is 1.51. The Morgan fingerprint density at radius 2 is 2.14 bits per heavy atom. The normalized spacial score (nSPS) is 21.5. The third-order valence-corrected chi connectivity index (χ3v) is 4.26. The molecule has 0 bridgehead atoms. The number of nitrogens with one attached hydrogen (secondary N) is 2. The lowest BCUT2D eigenvalue weighted by atomic mass is 10.2. The maximum Gasteiger partial charge on any atom is 0.319 e. The predicted molar refractivity (Wildman–Crippen MR) is 81.5 cm³/mol. The Morgan fingerprint density at radius 1 is 1.38 bits per heavy atom. The molecule has 2 aliphatic rings. The standard InChI is InChI=1S/C15H18ClN3O2/c1-9-3-2-4-12(16)14(9)18-15(21)17-10-7-13(20)19(8-10)11-5-6-11/h2-4,10-11H,5-8H2,1H3,(H2,17,18,21)/t10-/m0/s1. The van der Waals surface area contributed by atoms with Crippen LogP contribution in [-0.4, -0.2) is 35.5 Å². The molecule has 2 N–H and O–H groups in total. The molecule has 21 heavy (non-hydrogen) atoms. The van der Waals surface area contributed by atoms with Gasteiger partial charge in [-0.05, 0) is 31.4 Å². The Morgan fingerprint density at radius 3 is 2.81 bits per heavy atom. The van der Waals surface area contributed by atoms with E-state index < -0.39 is 0 Å². The number of aryl methyl sites for hydroxylation is 1. The quantitative estimate of drug-likeness (QED) is 0.901. The van der Waals surface area contributed by atoms with Gasteiger partial charge in [0.2, 0.25) is 5.91 Å². The van der Waals surface area contributed by atoms with Crippen LogP contribution in [0.5, 0.6) is 0 Å². The maximum absolute atomic E-state index is 12.1. The molecule has 1 aliphatic carbocycles. The van der Waals surface area contributed by atoms with Gasteiger partial charge in [-0.15, -0.1) is 0 Å². The largest absolute Gasteiger partial charge is 0.338 e. The van der Waals surface area contributed by atoms with Crippen molar-refractivity contribution in [3.05, 3.63) is 28.8 Å². The molecule has 3 amide bonds. The molecule has 0 unspecified atom stereocenters. The van der Waals surface area contributed by atoms with Crippen molar-refractivity contribution >= 4 is 29.2 Å². The maximum atomic E-state index is 12.1. The summed E-state index contributed by atoms with van der Waals surface area (Å²) in [6.45, 7) is 2.49. The van der Waals surface area contributed by atoms with Crippen LogP contribution in [0.25, 0.3) is 0 Å². The summed E-state index contributed by atoms with van der Waals surface area (Å²) in [5.74, 6) is 0.136. The summed E-state index contributed by atoms with van der Waals surface area (Å²) in [6.07, 6.45) is 2.55. The minimum absolute atomic E-state index is 0.124. The lowest BCUT2D eigenvalue weighted by Crippen LogP contribution is -2.40. The van der Waals surface area contributed by atoms with Crippen LogP contribution in [0.3, 0.4) is 0 Å². The Kier molecular flexibility index (Phi) is 3.76. The predicted octanol–water partition coefficient (Wildman–Crippen LogP) is 2.53. The van der Waals surface area contributed by atoms with Crippen molar-refractivity contribution in [3.63, 3.8) is 0 Å². The van der Waals surface area contributed by atoms with E-state index >= 15 is 0 Å². The highest BCUT2D eigenvalue weighted by Gasteiger charge is 2.39. The van der Waals surface area contributed by atoms with Gasteiger partial charge in [0, 0.05) is 19.0 Å². The highest BCUT2D eigenvalue weighted by atomic mass is 35.5. The van der Waals surface area contributed by atoms with Crippen molar-refractivity contribution < 1.29 is 9.59 Å². The lowest BCUT2D eigenvalue weighted by molar-refractivity contribution is -0.128. The van der Waals surface area contributed by atoms with E-state index in [0.29, 0.717) is 29.7 Å². The van der Waals surface area contributed by atoms with Crippen LogP contribution in [0.15, 0.2) is 18.2 Å². The summed E-state index contributed by atoms with van der Waals surface area (Å²) in [6, 6.07) is 5.41. The monoisotopic (exact) mass is 307 g/mol. The van der Waals surface area contributed by atoms with E-state index in [1.54, 1.807) is 6.07 Å². The summed E-state index contributed by atoms with van der Waals surface area (Å²) in [7, 11) is 0. The van der Waals surface area contributed by atoms with E-state index in [1.807, 2.05) is 24.0 Å². The van der Waals surface area contributed by atoms with Crippen molar-refractivity contribution in [1.29, 1.82) is 0 Å². The molecule has 6 heteroatoms. The molecule has 112 valence electrons. The van der Waals surface area contributed by atoms with Gasteiger partial charge in [-0.2, -0.15) is 0 Å². The molecule has 3 rings (SSSR count). The summed E-state index contributed by atoms with van der Waals surface area (Å²) >= 11 is 6.08. The number of amides is 3. The van der Waals surface area contributed by atoms with Gasteiger partial charge in [0.15, 0.2) is 0 Å². The first kappa shape index (κ1) is 14.2. The molecular weight excluding hydrogens is 290 g/mol. The number of rotatable bonds is 3. The minimum atomic E-state index is -0.318. The van der Waals surface area contributed by atoms with Crippen molar-refractivity contribution in [2.75, 3.05) is 11.9 Å². The second kappa shape index (κ2) is 5.56. The van der Waals surface area contributed by atoms with Crippen LogP contribution in [0.2, 0.25) is 5.02 Å². The number of carbonyl (C=O) groups is 2. The van der Waals surface area contributed by atoms with Gasteiger partial charge >= 0.3 is 6.03 Å². The highest BCUT2D eigenvalue weighted by Crippen LogP contribution is 2.30. The third-order valence-electron chi connectivity index (χ3n) is 3.94. The number of hydrogen-bond donors (Lipinski definition) is 2. The molecule has 1 aromatic carbocycles. The van der Waals surface area contributed by atoms with Crippen molar-refractivity contribution in [2.24, 2.45) is 0 Å². The van der Waals surface area contributed by atoms with E-state index in [-0.39, 0.29) is 18.0 Å². The summed E-state index contributed by atoms with van der Waals surface area (Å²) in [5, 5.41) is 6.13. The summed E-state index contributed by atoms with van der Waals surface area (Å²) < 4.78 is 0. The van der Waals surface area contributed by atoms with Crippen LogP contribution in [0, 0.1) is 6.92 Å². The second-order valence-corrected chi connectivity index (χ2v) is 6.12. The van der Waals surface area contributed by atoms with Gasteiger partial charge in [-0.25, -0.2) is 4.79 Å². The molecule has 1 heterocycles. The van der Waals surface area contributed by atoms with E-state index in [1.165, 1.54) is 0 Å². The summed E-state index contributed by atoms with van der Waals surface area (Å²) in [4.78, 5) is 25.8. The van der Waals surface area contributed by atoms with Crippen LogP contribution in [-0.2, 0) is 4.79 Å². The number of benzene rings is 1. The zero-order valence-electron chi connectivity index (χ0n) is 11.9. The van der Waals surface area contributed by atoms with Crippen LogP contribution in [0.1, 0.15) is 24.8 Å². The number of halogens is 1. The van der Waals surface area contributed by atoms with Gasteiger partial charge in [0.25, 0.3) is 0 Å². The number of hydrogen-bond acceptors (Lipinski definition) is 2. The van der Waals surface area contributed by atoms with Gasteiger partial charge in [-0.1, -0.05) is 23.7 Å². The molecule has 1 saturated heterocycles. The number of nitrogens with zero attached hydrogens (tertiary/aromatic N) is 1. The third kappa shape index (κ3) is 3.13. The first-order chi connectivity index (χ1) is 10.0. The molecule has 5 nitrogen and oxygen atoms in total. The first-order valence-electron chi connectivity index (χ1n) is 7.16. The Bertz CT molecular complexity index is 566. The van der Waals surface area contributed by atoms with E-state index in [2.05, 4.69) is 10.6 Å². The topological polar surface area (TPSA) is 61.4 Å². The zero-order chi connectivity index (χ0) is 15.0. The number of anilines is 1. The van der Waals surface area contributed by atoms with Crippen LogP contribution >= 0.6 is 11.6 Å². The van der Waals surface area contributed by atoms with Gasteiger partial charge in [0.05, 0.1) is 16.8 Å². The van der Waals surface area contributed by atoms with Gasteiger partial charge < -0.3 is 15.5 Å². The van der Waals surface area contributed by atoms with Crippen molar-refractivity contribution in [1.82, 2.24) is 10.2 Å². The second-order valence-electron chi connectivity index (χ2n) is 5.71. The minimum Gasteiger partial charge on any atom is -0.338 e. The molecule has 2 fully saturated rings. The smallest absolute Gasteiger partial charge is 0.319 e. The van der Waals surface area contributed by atoms with Gasteiger partial charge in [0.1, 0.15) is 0 Å². The number of para-hydroxylation sites is 1. The average Bonchev–Trinajstić information content (AvgIpc) is 3.19. The van der Waals surface area contributed by atoms with Gasteiger partial charge in [-0.3, -0.25) is 4.79 Å². The van der Waals surface area contributed by atoms with E-state index in [0.717, 1.165) is 18.4 Å². The molecule has 1 atom stereocenters. The number of carbonyl (C=O) groups excluding carboxylic acids is 2. The molecule has 1 aromatic rings. The molecule has 1 aliphatic heterocycles. The molecule has 0 radical (unpaired) electrons. The fourth-order valence-corrected chi connectivity index (χ4v) is 2.96. The molecule has 1 saturated carbocycles.